The molecule has 0 radical (unpaired) electrons. The molecule has 8 heteroatoms. The number of nitrogens with zero attached hydrogens (tertiary/aromatic N) is 2. The highest BCUT2D eigenvalue weighted by molar-refractivity contribution is 5.92. The zero-order valence-electron chi connectivity index (χ0n) is 14.0. The van der Waals surface area contributed by atoms with Gasteiger partial charge in [0.2, 0.25) is 0 Å². The smallest absolute Gasteiger partial charge is 0.354 e. The van der Waals surface area contributed by atoms with Crippen LogP contribution in [-0.2, 0) is 12.7 Å². The molecule has 1 amide bonds. The van der Waals surface area contributed by atoms with E-state index in [0.29, 0.717) is 17.9 Å². The normalized spacial score (nSPS) is 11.1. The van der Waals surface area contributed by atoms with E-state index in [1.807, 2.05) is 6.07 Å². The number of carbonyl (C=O) groups excluding carboxylic acids is 1. The number of amides is 1. The Labute approximate surface area is 153 Å². The molecule has 3 rings (SSSR count). The van der Waals surface area contributed by atoms with Crippen LogP contribution in [0.3, 0.4) is 0 Å². The summed E-state index contributed by atoms with van der Waals surface area (Å²) in [6.45, 7) is 0.333. The van der Waals surface area contributed by atoms with Crippen molar-refractivity contribution in [1.29, 1.82) is 0 Å². The van der Waals surface area contributed by atoms with Gasteiger partial charge in [0.25, 0.3) is 5.91 Å². The van der Waals surface area contributed by atoms with Crippen LogP contribution in [-0.4, -0.2) is 15.9 Å². The first kappa shape index (κ1) is 18.4. The van der Waals surface area contributed by atoms with Crippen LogP contribution in [0.5, 0.6) is 0 Å². The van der Waals surface area contributed by atoms with Gasteiger partial charge in [0.15, 0.2) is 0 Å². The van der Waals surface area contributed by atoms with Gasteiger partial charge in [0.1, 0.15) is 5.69 Å². The van der Waals surface area contributed by atoms with Gasteiger partial charge in [-0.15, -0.1) is 0 Å². The zero-order chi connectivity index (χ0) is 19.3. The molecule has 0 saturated heterocycles. The Morgan fingerprint density at radius 1 is 0.963 bits per heavy atom. The molecule has 0 aliphatic heterocycles. The second-order valence-corrected chi connectivity index (χ2v) is 5.68. The molecule has 0 fully saturated rings. The molecule has 3 aromatic rings. The highest BCUT2D eigenvalue weighted by atomic mass is 19.4. The molecule has 2 N–H and O–H groups in total. The lowest BCUT2D eigenvalue weighted by atomic mass is 10.2. The highest BCUT2D eigenvalue weighted by Crippen LogP contribution is 2.30. The summed E-state index contributed by atoms with van der Waals surface area (Å²) in [4.78, 5) is 20.1. The maximum Gasteiger partial charge on any atom is 0.416 e. The SMILES string of the molecule is O=C(NCc1cccnc1)c1ccc(Nc2ccc(C(F)(F)F)cc2)cn1. The number of hydrogen-bond donors (Lipinski definition) is 2. The van der Waals surface area contributed by atoms with Gasteiger partial charge >= 0.3 is 6.18 Å². The molecule has 0 unspecified atom stereocenters. The summed E-state index contributed by atoms with van der Waals surface area (Å²) in [5.41, 5.74) is 1.42. The number of anilines is 2. The van der Waals surface area contributed by atoms with Crippen LogP contribution in [0.4, 0.5) is 24.5 Å². The number of carbonyl (C=O) groups is 1. The Bertz CT molecular complexity index is 895. The van der Waals surface area contributed by atoms with Gasteiger partial charge in [-0.25, -0.2) is 4.98 Å². The first-order valence-corrected chi connectivity index (χ1v) is 7.99. The molecule has 0 spiro atoms. The number of halogens is 3. The van der Waals surface area contributed by atoms with Crippen molar-refractivity contribution in [3.05, 3.63) is 83.9 Å². The van der Waals surface area contributed by atoms with Crippen molar-refractivity contribution in [3.63, 3.8) is 0 Å². The molecule has 0 saturated carbocycles. The van der Waals surface area contributed by atoms with E-state index in [2.05, 4.69) is 20.6 Å². The minimum Gasteiger partial charge on any atom is -0.354 e. The van der Waals surface area contributed by atoms with E-state index >= 15 is 0 Å². The summed E-state index contributed by atoms with van der Waals surface area (Å²) in [7, 11) is 0. The minimum absolute atomic E-state index is 0.233. The molecule has 1 aromatic carbocycles. The Hall–Kier alpha value is -3.42. The number of alkyl halides is 3. The van der Waals surface area contributed by atoms with Gasteiger partial charge < -0.3 is 10.6 Å². The lowest BCUT2D eigenvalue weighted by Gasteiger charge is -2.10. The van der Waals surface area contributed by atoms with E-state index in [4.69, 9.17) is 0 Å². The molecule has 2 heterocycles. The maximum absolute atomic E-state index is 12.6. The molecule has 2 aromatic heterocycles. The number of rotatable bonds is 5. The van der Waals surface area contributed by atoms with Crippen molar-refractivity contribution in [2.75, 3.05) is 5.32 Å². The lowest BCUT2D eigenvalue weighted by Crippen LogP contribution is -2.23. The molecule has 0 bridgehead atoms. The topological polar surface area (TPSA) is 66.9 Å². The van der Waals surface area contributed by atoms with Crippen molar-refractivity contribution in [1.82, 2.24) is 15.3 Å². The first-order chi connectivity index (χ1) is 12.9. The van der Waals surface area contributed by atoms with Crippen molar-refractivity contribution < 1.29 is 18.0 Å². The van der Waals surface area contributed by atoms with Gasteiger partial charge in [-0.3, -0.25) is 9.78 Å². The summed E-state index contributed by atoms with van der Waals surface area (Å²) in [6, 6.07) is 11.4. The predicted molar refractivity (Wildman–Crippen MR) is 94.4 cm³/mol. The Balaban J connectivity index is 1.59. The molecular formula is C19H15F3N4O. The average Bonchev–Trinajstić information content (AvgIpc) is 2.67. The van der Waals surface area contributed by atoms with E-state index in [9.17, 15) is 18.0 Å². The number of aromatic nitrogens is 2. The van der Waals surface area contributed by atoms with Crippen molar-refractivity contribution in [2.45, 2.75) is 12.7 Å². The van der Waals surface area contributed by atoms with E-state index in [-0.39, 0.29) is 11.6 Å². The van der Waals surface area contributed by atoms with Crippen LogP contribution in [0.25, 0.3) is 0 Å². The Morgan fingerprint density at radius 3 is 2.30 bits per heavy atom. The third-order valence-corrected chi connectivity index (χ3v) is 3.67. The summed E-state index contributed by atoms with van der Waals surface area (Å²) in [5, 5.41) is 5.67. The zero-order valence-corrected chi connectivity index (χ0v) is 14.0. The van der Waals surface area contributed by atoms with Crippen molar-refractivity contribution in [3.8, 4) is 0 Å². The first-order valence-electron chi connectivity index (χ1n) is 7.99. The van der Waals surface area contributed by atoms with E-state index in [1.54, 1.807) is 24.5 Å². The molecule has 0 aliphatic carbocycles. The van der Waals surface area contributed by atoms with Crippen molar-refractivity contribution in [2.24, 2.45) is 0 Å². The van der Waals surface area contributed by atoms with Gasteiger partial charge in [-0.05, 0) is 48.0 Å². The third-order valence-electron chi connectivity index (χ3n) is 3.67. The quantitative estimate of drug-likeness (QED) is 0.706. The summed E-state index contributed by atoms with van der Waals surface area (Å²) < 4.78 is 37.7. The number of hydrogen-bond acceptors (Lipinski definition) is 4. The summed E-state index contributed by atoms with van der Waals surface area (Å²) >= 11 is 0. The highest BCUT2D eigenvalue weighted by Gasteiger charge is 2.29. The average molecular weight is 372 g/mol. The number of benzene rings is 1. The molecule has 5 nitrogen and oxygen atoms in total. The number of pyridine rings is 2. The van der Waals surface area contributed by atoms with Crippen LogP contribution in [0.15, 0.2) is 67.1 Å². The Kier molecular flexibility index (Phi) is 5.35. The summed E-state index contributed by atoms with van der Waals surface area (Å²) in [6.07, 6.45) is 0.377. The lowest BCUT2D eigenvalue weighted by molar-refractivity contribution is -0.137. The van der Waals surface area contributed by atoms with Crippen LogP contribution < -0.4 is 10.6 Å². The fourth-order valence-corrected chi connectivity index (χ4v) is 2.29. The van der Waals surface area contributed by atoms with Crippen LogP contribution in [0, 0.1) is 0 Å². The van der Waals surface area contributed by atoms with Gasteiger partial charge in [0.05, 0.1) is 17.4 Å². The Morgan fingerprint density at radius 2 is 1.70 bits per heavy atom. The summed E-state index contributed by atoms with van der Waals surface area (Å²) in [5.74, 6) is -0.333. The molecule has 138 valence electrons. The van der Waals surface area contributed by atoms with E-state index in [0.717, 1.165) is 17.7 Å². The maximum atomic E-state index is 12.6. The monoisotopic (exact) mass is 372 g/mol. The third kappa shape index (κ3) is 5.04. The van der Waals surface area contributed by atoms with Crippen LogP contribution in [0.2, 0.25) is 0 Å². The molecule has 0 atom stereocenters. The molecule has 27 heavy (non-hydrogen) atoms. The molecule has 0 aliphatic rings. The van der Waals surface area contributed by atoms with Crippen LogP contribution in [0.1, 0.15) is 21.6 Å². The number of nitrogens with one attached hydrogen (secondary N) is 2. The van der Waals surface area contributed by atoms with E-state index in [1.165, 1.54) is 24.4 Å². The van der Waals surface area contributed by atoms with Gasteiger partial charge in [0, 0.05) is 24.6 Å². The van der Waals surface area contributed by atoms with Gasteiger partial charge in [-0.1, -0.05) is 6.07 Å². The van der Waals surface area contributed by atoms with Crippen molar-refractivity contribution >= 4 is 17.3 Å². The largest absolute Gasteiger partial charge is 0.416 e. The second kappa shape index (κ2) is 7.86. The van der Waals surface area contributed by atoms with Gasteiger partial charge in [-0.2, -0.15) is 13.2 Å². The van der Waals surface area contributed by atoms with E-state index < -0.39 is 11.7 Å². The second-order valence-electron chi connectivity index (χ2n) is 5.68. The predicted octanol–water partition coefficient (Wildman–Crippen LogP) is 4.17. The molecular weight excluding hydrogens is 357 g/mol. The fourth-order valence-electron chi connectivity index (χ4n) is 2.29. The standard InChI is InChI=1S/C19H15F3N4O/c20-19(21,22)14-3-5-15(6-4-14)26-16-7-8-17(24-12-16)18(27)25-11-13-2-1-9-23-10-13/h1-10,12,26H,11H2,(H,25,27). The van der Waals surface area contributed by atoms with Crippen LogP contribution >= 0.6 is 0 Å². The minimum atomic E-state index is -4.37. The fraction of sp³-hybridized carbons (Fsp3) is 0.105.